The zero-order valence-corrected chi connectivity index (χ0v) is 13.2. The minimum Gasteiger partial charge on any atom is -0.341 e. The van der Waals surface area contributed by atoms with Gasteiger partial charge in [0.1, 0.15) is 5.69 Å². The van der Waals surface area contributed by atoms with Crippen molar-refractivity contribution in [1.29, 1.82) is 0 Å². The molecule has 1 unspecified atom stereocenters. The lowest BCUT2D eigenvalue weighted by atomic mass is 9.82. The fourth-order valence-corrected chi connectivity index (χ4v) is 2.98. The quantitative estimate of drug-likeness (QED) is 0.827. The Morgan fingerprint density at radius 3 is 2.55 bits per heavy atom. The van der Waals surface area contributed by atoms with Gasteiger partial charge in [0.05, 0.1) is 12.2 Å². The van der Waals surface area contributed by atoms with Crippen molar-refractivity contribution in [3.8, 4) is 0 Å². The topological polar surface area (TPSA) is 89.2 Å². The third kappa shape index (κ3) is 4.10. The van der Waals surface area contributed by atoms with E-state index in [0.29, 0.717) is 18.0 Å². The molecule has 2 rings (SSSR count). The highest BCUT2D eigenvalue weighted by Crippen LogP contribution is 2.28. The van der Waals surface area contributed by atoms with E-state index in [0.717, 1.165) is 25.9 Å². The molecule has 1 saturated heterocycles. The van der Waals surface area contributed by atoms with Gasteiger partial charge in [-0.15, -0.1) is 0 Å². The van der Waals surface area contributed by atoms with Crippen LogP contribution in [0.4, 0.5) is 0 Å². The fraction of sp³-hybridized carbons (Fsp3) is 0.625. The van der Waals surface area contributed by atoms with E-state index in [-0.39, 0.29) is 17.6 Å². The second-order valence-electron chi connectivity index (χ2n) is 6.15. The molecular formula is C16H24N4O2. The first kappa shape index (κ1) is 16.5. The predicted octanol–water partition coefficient (Wildman–Crippen LogP) is 1.27. The lowest BCUT2D eigenvalue weighted by Crippen LogP contribution is -2.46. The summed E-state index contributed by atoms with van der Waals surface area (Å²) in [7, 11) is 0. The molecule has 22 heavy (non-hydrogen) atoms. The number of piperidine rings is 1. The van der Waals surface area contributed by atoms with E-state index in [1.54, 1.807) is 13.1 Å². The van der Waals surface area contributed by atoms with Crippen LogP contribution in [0.3, 0.4) is 0 Å². The molecule has 1 fully saturated rings. The van der Waals surface area contributed by atoms with Gasteiger partial charge in [-0.25, -0.2) is 4.98 Å². The minimum absolute atomic E-state index is 0.0155. The molecule has 0 radical (unpaired) electrons. The van der Waals surface area contributed by atoms with Gasteiger partial charge in [0, 0.05) is 31.9 Å². The summed E-state index contributed by atoms with van der Waals surface area (Å²) in [6.45, 7) is 5.28. The number of likely N-dealkylation sites (tertiary alicyclic amines) is 1. The molecule has 2 heterocycles. The summed E-state index contributed by atoms with van der Waals surface area (Å²) < 4.78 is 0. The zero-order chi connectivity index (χ0) is 16.1. The van der Waals surface area contributed by atoms with Crippen LogP contribution in [0.25, 0.3) is 0 Å². The van der Waals surface area contributed by atoms with Gasteiger partial charge in [0.2, 0.25) is 5.91 Å². The SMILES string of the molecule is CC(CC(=O)c1cnccn1)C1CCN(C(=O)[C@H](C)N)CC1. The maximum Gasteiger partial charge on any atom is 0.239 e. The van der Waals surface area contributed by atoms with Crippen molar-refractivity contribution in [3.63, 3.8) is 0 Å². The van der Waals surface area contributed by atoms with Gasteiger partial charge in [0.15, 0.2) is 5.78 Å². The van der Waals surface area contributed by atoms with E-state index in [1.165, 1.54) is 12.4 Å². The van der Waals surface area contributed by atoms with Gasteiger partial charge < -0.3 is 10.6 Å². The number of nitrogens with two attached hydrogens (primary N) is 1. The summed E-state index contributed by atoms with van der Waals surface area (Å²) in [5, 5.41) is 0. The molecule has 1 aliphatic heterocycles. The first-order chi connectivity index (χ1) is 10.5. The van der Waals surface area contributed by atoms with Gasteiger partial charge in [-0.3, -0.25) is 14.6 Å². The summed E-state index contributed by atoms with van der Waals surface area (Å²) in [4.78, 5) is 33.9. The molecule has 1 aromatic heterocycles. The van der Waals surface area contributed by atoms with E-state index >= 15 is 0 Å². The molecular weight excluding hydrogens is 280 g/mol. The molecule has 120 valence electrons. The van der Waals surface area contributed by atoms with Crippen molar-refractivity contribution in [1.82, 2.24) is 14.9 Å². The lowest BCUT2D eigenvalue weighted by Gasteiger charge is -2.35. The molecule has 0 aromatic carbocycles. The first-order valence-electron chi connectivity index (χ1n) is 7.82. The van der Waals surface area contributed by atoms with Crippen LogP contribution in [0.15, 0.2) is 18.6 Å². The van der Waals surface area contributed by atoms with Crippen LogP contribution in [0.1, 0.15) is 43.6 Å². The average molecular weight is 304 g/mol. The van der Waals surface area contributed by atoms with Crippen LogP contribution in [0.5, 0.6) is 0 Å². The van der Waals surface area contributed by atoms with Crippen molar-refractivity contribution < 1.29 is 9.59 Å². The molecule has 1 aliphatic rings. The number of aromatic nitrogens is 2. The van der Waals surface area contributed by atoms with Gasteiger partial charge in [-0.1, -0.05) is 6.92 Å². The highest BCUT2D eigenvalue weighted by molar-refractivity contribution is 5.94. The Hall–Kier alpha value is -1.82. The number of carbonyl (C=O) groups is 2. The number of nitrogens with zero attached hydrogens (tertiary/aromatic N) is 3. The fourth-order valence-electron chi connectivity index (χ4n) is 2.98. The van der Waals surface area contributed by atoms with E-state index in [2.05, 4.69) is 16.9 Å². The van der Waals surface area contributed by atoms with Crippen molar-refractivity contribution in [2.75, 3.05) is 13.1 Å². The second kappa shape index (κ2) is 7.45. The number of hydrogen-bond acceptors (Lipinski definition) is 5. The van der Waals surface area contributed by atoms with Crippen molar-refractivity contribution in [2.24, 2.45) is 17.6 Å². The largest absolute Gasteiger partial charge is 0.341 e. The Kier molecular flexibility index (Phi) is 5.60. The number of amides is 1. The molecule has 2 N–H and O–H groups in total. The summed E-state index contributed by atoms with van der Waals surface area (Å²) in [5.41, 5.74) is 6.07. The van der Waals surface area contributed by atoms with Gasteiger partial charge in [-0.2, -0.15) is 0 Å². The Labute approximate surface area is 131 Å². The number of hydrogen-bond donors (Lipinski definition) is 1. The van der Waals surface area contributed by atoms with Crippen LogP contribution in [-0.2, 0) is 4.79 Å². The smallest absolute Gasteiger partial charge is 0.239 e. The van der Waals surface area contributed by atoms with Crippen LogP contribution >= 0.6 is 0 Å². The lowest BCUT2D eigenvalue weighted by molar-refractivity contribution is -0.133. The van der Waals surface area contributed by atoms with Gasteiger partial charge in [-0.05, 0) is 31.6 Å². The standard InChI is InChI=1S/C16H24N4O2/c1-11(9-15(21)14-10-18-5-6-19-14)13-3-7-20(8-4-13)16(22)12(2)17/h5-6,10-13H,3-4,7-9,17H2,1-2H3/t11?,12-/m0/s1. The van der Waals surface area contributed by atoms with E-state index in [9.17, 15) is 9.59 Å². The predicted molar refractivity (Wildman–Crippen MR) is 83.1 cm³/mol. The molecule has 6 heteroatoms. The van der Waals surface area contributed by atoms with E-state index in [1.807, 2.05) is 4.90 Å². The average Bonchev–Trinajstić information content (AvgIpc) is 2.55. The Morgan fingerprint density at radius 1 is 1.32 bits per heavy atom. The number of rotatable bonds is 5. The Balaban J connectivity index is 1.84. The third-order valence-corrected chi connectivity index (χ3v) is 4.40. The monoisotopic (exact) mass is 304 g/mol. The summed E-state index contributed by atoms with van der Waals surface area (Å²) >= 11 is 0. The maximum absolute atomic E-state index is 12.2. The molecule has 1 aromatic rings. The Morgan fingerprint density at radius 2 is 2.00 bits per heavy atom. The van der Waals surface area contributed by atoms with Crippen LogP contribution in [0, 0.1) is 11.8 Å². The highest BCUT2D eigenvalue weighted by Gasteiger charge is 2.28. The molecule has 0 saturated carbocycles. The molecule has 1 amide bonds. The first-order valence-corrected chi connectivity index (χ1v) is 7.82. The third-order valence-electron chi connectivity index (χ3n) is 4.40. The maximum atomic E-state index is 12.2. The number of carbonyl (C=O) groups excluding carboxylic acids is 2. The number of ketones is 1. The highest BCUT2D eigenvalue weighted by atomic mass is 16.2. The summed E-state index contributed by atoms with van der Waals surface area (Å²) in [5.74, 6) is 0.788. The van der Waals surface area contributed by atoms with Crippen LogP contribution in [-0.4, -0.2) is 45.7 Å². The van der Waals surface area contributed by atoms with Crippen molar-refractivity contribution in [3.05, 3.63) is 24.3 Å². The number of Topliss-reactive ketones (excluding diaryl/α,β-unsaturated/α-hetero) is 1. The van der Waals surface area contributed by atoms with Gasteiger partial charge in [0.25, 0.3) is 0 Å². The molecule has 0 aliphatic carbocycles. The second-order valence-corrected chi connectivity index (χ2v) is 6.15. The molecule has 0 bridgehead atoms. The van der Waals surface area contributed by atoms with E-state index < -0.39 is 6.04 Å². The van der Waals surface area contributed by atoms with Crippen molar-refractivity contribution in [2.45, 2.75) is 39.2 Å². The Bertz CT molecular complexity index is 510. The molecule has 6 nitrogen and oxygen atoms in total. The summed E-state index contributed by atoms with van der Waals surface area (Å²) in [6, 6.07) is -0.438. The van der Waals surface area contributed by atoms with Crippen LogP contribution in [0.2, 0.25) is 0 Å². The van der Waals surface area contributed by atoms with E-state index in [4.69, 9.17) is 5.73 Å². The molecule has 0 spiro atoms. The van der Waals surface area contributed by atoms with Crippen LogP contribution < -0.4 is 5.73 Å². The van der Waals surface area contributed by atoms with Crippen molar-refractivity contribution >= 4 is 11.7 Å². The molecule has 2 atom stereocenters. The van der Waals surface area contributed by atoms with Gasteiger partial charge >= 0.3 is 0 Å². The minimum atomic E-state index is -0.438. The summed E-state index contributed by atoms with van der Waals surface area (Å²) in [6.07, 6.45) is 6.94. The zero-order valence-electron chi connectivity index (χ0n) is 13.2. The normalized spacial score (nSPS) is 18.8.